The van der Waals surface area contributed by atoms with E-state index in [9.17, 15) is 28.8 Å². The maximum Gasteiger partial charge on any atom is 0.309 e. The molecule has 16 atom stereocenters. The fraction of sp³-hybridized carbons (Fsp3) is 0.746. The molecule has 450 valence electrons. The molecule has 0 bridgehead atoms. The van der Waals surface area contributed by atoms with Gasteiger partial charge in [0.25, 0.3) is 0 Å². The van der Waals surface area contributed by atoms with Gasteiger partial charge >= 0.3 is 35.8 Å². The van der Waals surface area contributed by atoms with Gasteiger partial charge in [-0.25, -0.2) is 0 Å². The molecule has 5 rings (SSSR count). The van der Waals surface area contributed by atoms with Gasteiger partial charge in [-0.05, 0) is 104 Å². The number of carbonyl (C=O) groups excluding carboxylic acids is 6. The lowest BCUT2D eigenvalue weighted by atomic mass is 9.70. The van der Waals surface area contributed by atoms with Gasteiger partial charge in [-0.2, -0.15) is 0 Å². The number of pyridine rings is 1. The Labute approximate surface area is 472 Å². The van der Waals surface area contributed by atoms with Crippen molar-refractivity contribution >= 4 is 46.7 Å². The second-order valence-electron chi connectivity index (χ2n) is 22.2. The summed E-state index contributed by atoms with van der Waals surface area (Å²) in [7, 11) is 8.12. The number of rotatable bonds is 20. The van der Waals surface area contributed by atoms with Crippen LogP contribution in [0.1, 0.15) is 126 Å². The number of fused-ring (bicyclic) bond motifs is 1. The number of nitrogens with zero attached hydrogens (tertiary/aromatic N) is 3. The van der Waals surface area contributed by atoms with E-state index < -0.39 is 139 Å². The number of para-hydroxylation sites is 1. The minimum atomic E-state index is -1.37. The van der Waals surface area contributed by atoms with Crippen molar-refractivity contribution in [3.63, 3.8) is 0 Å². The van der Waals surface area contributed by atoms with E-state index in [4.69, 9.17) is 56.8 Å². The molecule has 3 saturated heterocycles. The van der Waals surface area contributed by atoms with E-state index in [1.54, 1.807) is 27.7 Å². The normalized spacial score (nSPS) is 32.3. The van der Waals surface area contributed by atoms with Crippen LogP contribution >= 0.6 is 0 Å². The summed E-state index contributed by atoms with van der Waals surface area (Å²) in [4.78, 5) is 88.7. The quantitative estimate of drug-likeness (QED) is 0.0777. The molecule has 1 aromatic carbocycles. The van der Waals surface area contributed by atoms with Crippen LogP contribution < -0.4 is 0 Å². The number of cyclic esters (lactones) is 1. The lowest BCUT2D eigenvalue weighted by Gasteiger charge is -2.54. The van der Waals surface area contributed by atoms with Gasteiger partial charge in [-0.3, -0.25) is 38.7 Å². The molecule has 0 N–H and O–H groups in total. The molecule has 3 aliphatic heterocycles. The SMILES string of the molecule is CCC(=O)O[C@@H]1CC(=O)O[C@H](C)CCN(CCCc2ccnc3ccccc23)C[C@H](OC(C)=O)[C@H](C)C[C@H](CC(OC)OC)[C@H]([C@@H]2O[C@H](C)[C@@H](O[C@@H]3C[C@@](C)(OC(C)=O)[C@@H](OC(=O)CC)[C@H](C)O3)[C@H](N(C)C)[C@H]2OC(C)=O)[C@@H]1OC. The molecule has 2 aromatic rings. The number of aromatic nitrogens is 1. The number of esters is 6. The molecule has 3 fully saturated rings. The fourth-order valence-electron chi connectivity index (χ4n) is 12.1. The Bertz CT molecular complexity index is 2330. The van der Waals surface area contributed by atoms with Crippen molar-refractivity contribution in [2.45, 2.75) is 212 Å². The van der Waals surface area contributed by atoms with Crippen molar-refractivity contribution in [3.05, 3.63) is 42.1 Å². The van der Waals surface area contributed by atoms with E-state index in [1.807, 2.05) is 70.2 Å². The lowest BCUT2D eigenvalue weighted by molar-refractivity contribution is -0.320. The van der Waals surface area contributed by atoms with E-state index in [2.05, 4.69) is 16.0 Å². The number of methoxy groups -OCH3 is 3. The third-order valence-electron chi connectivity index (χ3n) is 15.7. The van der Waals surface area contributed by atoms with Crippen LogP contribution in [0.4, 0.5) is 0 Å². The van der Waals surface area contributed by atoms with Crippen molar-refractivity contribution in [1.82, 2.24) is 14.8 Å². The van der Waals surface area contributed by atoms with E-state index >= 15 is 0 Å². The maximum atomic E-state index is 14.3. The number of ether oxygens (including phenoxy) is 12. The van der Waals surface area contributed by atoms with E-state index in [0.717, 1.165) is 29.3 Å². The first-order chi connectivity index (χ1) is 37.9. The zero-order chi connectivity index (χ0) is 59.0. The molecule has 0 aliphatic carbocycles. The van der Waals surface area contributed by atoms with Crippen LogP contribution in [0.25, 0.3) is 10.9 Å². The van der Waals surface area contributed by atoms with Gasteiger partial charge in [0.2, 0.25) is 0 Å². The third-order valence-corrected chi connectivity index (χ3v) is 15.7. The van der Waals surface area contributed by atoms with E-state index in [1.165, 1.54) is 42.1 Å². The Morgan fingerprint density at radius 2 is 1.50 bits per heavy atom. The molecule has 21 heteroatoms. The number of aryl methyl sites for hydroxylation is 1. The van der Waals surface area contributed by atoms with Crippen LogP contribution in [0, 0.1) is 17.8 Å². The summed E-state index contributed by atoms with van der Waals surface area (Å²) in [5.74, 6) is -5.34. The number of hydrogen-bond donors (Lipinski definition) is 0. The van der Waals surface area contributed by atoms with Gasteiger partial charge in [0.15, 0.2) is 24.3 Å². The van der Waals surface area contributed by atoms with E-state index in [-0.39, 0.29) is 31.6 Å². The molecule has 0 amide bonds. The summed E-state index contributed by atoms with van der Waals surface area (Å²) in [6.07, 6.45) is -7.42. The Balaban J connectivity index is 1.64. The molecule has 4 heterocycles. The van der Waals surface area contributed by atoms with Crippen molar-refractivity contribution < 1.29 is 85.6 Å². The summed E-state index contributed by atoms with van der Waals surface area (Å²) in [6, 6.07) is 9.27. The molecular formula is C59H91N3O18. The van der Waals surface area contributed by atoms with Crippen LogP contribution in [-0.4, -0.2) is 191 Å². The molecule has 0 spiro atoms. The Hall–Kier alpha value is -4.87. The monoisotopic (exact) mass is 1130 g/mol. The van der Waals surface area contributed by atoms with Crippen LogP contribution in [-0.2, 0) is 92.0 Å². The number of carbonyl (C=O) groups is 6. The number of likely N-dealkylation sites (N-methyl/N-ethyl adjacent to an activating group) is 1. The second-order valence-corrected chi connectivity index (χ2v) is 22.2. The minimum absolute atomic E-state index is 0.0227. The van der Waals surface area contributed by atoms with Gasteiger partial charge in [0.05, 0.1) is 30.2 Å². The summed E-state index contributed by atoms with van der Waals surface area (Å²) in [5, 5.41) is 1.08. The van der Waals surface area contributed by atoms with Crippen molar-refractivity contribution in [2.24, 2.45) is 17.8 Å². The minimum Gasteiger partial charge on any atom is -0.463 e. The van der Waals surface area contributed by atoms with E-state index in [0.29, 0.717) is 32.5 Å². The maximum absolute atomic E-state index is 14.3. The Morgan fingerprint density at radius 3 is 2.12 bits per heavy atom. The van der Waals surface area contributed by atoms with Crippen molar-refractivity contribution in [2.75, 3.05) is 55.1 Å². The van der Waals surface area contributed by atoms with Gasteiger partial charge in [-0.1, -0.05) is 39.0 Å². The van der Waals surface area contributed by atoms with Crippen LogP contribution in [0.2, 0.25) is 0 Å². The zero-order valence-electron chi connectivity index (χ0n) is 49.9. The summed E-state index contributed by atoms with van der Waals surface area (Å²) in [5.41, 5.74) is 0.705. The number of benzene rings is 1. The average Bonchev–Trinajstić information content (AvgIpc) is 3.50. The van der Waals surface area contributed by atoms with Gasteiger partial charge in [0, 0.05) is 98.4 Å². The van der Waals surface area contributed by atoms with Crippen LogP contribution in [0.5, 0.6) is 0 Å². The molecular weight excluding hydrogens is 1040 g/mol. The highest BCUT2D eigenvalue weighted by Crippen LogP contribution is 2.44. The zero-order valence-corrected chi connectivity index (χ0v) is 49.9. The van der Waals surface area contributed by atoms with Gasteiger partial charge in [-0.15, -0.1) is 0 Å². The largest absolute Gasteiger partial charge is 0.463 e. The highest BCUT2D eigenvalue weighted by Gasteiger charge is 2.58. The smallest absolute Gasteiger partial charge is 0.309 e. The summed E-state index contributed by atoms with van der Waals surface area (Å²) < 4.78 is 75.7. The summed E-state index contributed by atoms with van der Waals surface area (Å²) >= 11 is 0. The first-order valence-corrected chi connectivity index (χ1v) is 28.3. The van der Waals surface area contributed by atoms with Crippen LogP contribution in [0.15, 0.2) is 36.5 Å². The van der Waals surface area contributed by atoms with Crippen LogP contribution in [0.3, 0.4) is 0 Å². The van der Waals surface area contributed by atoms with Crippen molar-refractivity contribution in [3.8, 4) is 0 Å². The molecule has 0 unspecified atom stereocenters. The molecule has 0 saturated carbocycles. The van der Waals surface area contributed by atoms with Gasteiger partial charge in [0.1, 0.15) is 42.7 Å². The molecule has 3 aliphatic rings. The molecule has 80 heavy (non-hydrogen) atoms. The van der Waals surface area contributed by atoms with Crippen molar-refractivity contribution in [1.29, 1.82) is 0 Å². The number of hydrogen-bond acceptors (Lipinski definition) is 21. The fourth-order valence-corrected chi connectivity index (χ4v) is 12.1. The van der Waals surface area contributed by atoms with Gasteiger partial charge < -0.3 is 61.7 Å². The Kier molecular flexibility index (Phi) is 25.5. The lowest BCUT2D eigenvalue weighted by Crippen LogP contribution is -2.68. The predicted octanol–water partition coefficient (Wildman–Crippen LogP) is 6.54. The second kappa shape index (κ2) is 31.0. The average molecular weight is 1130 g/mol. The topological polar surface area (TPSA) is 233 Å². The molecule has 21 nitrogen and oxygen atoms in total. The standard InChI is InChI=1S/C59H91N3O18/c1-16-47(66)77-45-31-49(68)72-35(4)25-28-62(27-20-21-41-24-26-60-44-23-19-18-22-43(41)44)33-46(75-38(7)63)34(3)29-42(30-50(69-13)70-14)52(55(45)71-15)56-57(76-39(8)64)53(61(11)12)54(36(5)74-56)79-51-32-59(10,80-40(9)65)58(37(6)73-51)78-48(67)17-2/h18-19,22-24,26,34-37,42,45-46,50-58H,16-17,20-21,25,27-33H2,1-15H3/t34-,35-,36-,37+,42-,45-,46+,51-,52+,53+,54-,55-,56+,57-,58+,59-/m1/s1. The highest BCUT2D eigenvalue weighted by molar-refractivity contribution is 5.81. The third kappa shape index (κ3) is 18.1. The first kappa shape index (κ1) is 65.9. The molecule has 0 radical (unpaired) electrons. The Morgan fingerprint density at radius 1 is 0.825 bits per heavy atom. The summed E-state index contributed by atoms with van der Waals surface area (Å²) in [6.45, 7) is 17.7. The predicted molar refractivity (Wildman–Crippen MR) is 293 cm³/mol. The molecule has 1 aromatic heterocycles. The highest BCUT2D eigenvalue weighted by atomic mass is 16.7. The first-order valence-electron chi connectivity index (χ1n) is 28.3.